The molecule has 1 aromatic carbocycles. The van der Waals surface area contributed by atoms with E-state index in [4.69, 9.17) is 4.74 Å². The molecule has 106 valence electrons. The number of likely N-dealkylation sites (N-methyl/N-ethyl adjacent to an activating group) is 2. The van der Waals surface area contributed by atoms with E-state index < -0.39 is 0 Å². The van der Waals surface area contributed by atoms with Crippen LogP contribution >= 0.6 is 0 Å². The summed E-state index contributed by atoms with van der Waals surface area (Å²) >= 11 is 0. The molecule has 0 amide bonds. The van der Waals surface area contributed by atoms with E-state index in [1.165, 1.54) is 24.9 Å². The zero-order chi connectivity index (χ0) is 13.7. The van der Waals surface area contributed by atoms with E-state index in [0.29, 0.717) is 6.04 Å². The fraction of sp³-hybridized carbons (Fsp3) is 0.625. The highest BCUT2D eigenvalue weighted by molar-refractivity contribution is 5.29. The van der Waals surface area contributed by atoms with Crippen molar-refractivity contribution in [3.8, 4) is 5.75 Å². The Kier molecular flexibility index (Phi) is 5.23. The molecule has 1 aromatic rings. The number of hydrogen-bond donors (Lipinski definition) is 1. The lowest BCUT2D eigenvalue weighted by Gasteiger charge is -2.25. The van der Waals surface area contributed by atoms with Crippen LogP contribution in [-0.2, 0) is 0 Å². The Hall–Kier alpha value is -1.06. The van der Waals surface area contributed by atoms with Crippen LogP contribution in [-0.4, -0.2) is 38.7 Å². The van der Waals surface area contributed by atoms with Crippen LogP contribution in [0.1, 0.15) is 31.4 Å². The largest absolute Gasteiger partial charge is 0.497 e. The molecular formula is C16H26N2O. The molecular weight excluding hydrogens is 236 g/mol. The van der Waals surface area contributed by atoms with Crippen molar-refractivity contribution in [1.29, 1.82) is 0 Å². The zero-order valence-corrected chi connectivity index (χ0v) is 12.4. The summed E-state index contributed by atoms with van der Waals surface area (Å²) in [6, 6.07) is 8.81. The van der Waals surface area contributed by atoms with Gasteiger partial charge in [-0.05, 0) is 50.0 Å². The molecule has 1 fully saturated rings. The Morgan fingerprint density at radius 1 is 1.32 bits per heavy atom. The van der Waals surface area contributed by atoms with Gasteiger partial charge in [0.2, 0.25) is 0 Å². The average molecular weight is 262 g/mol. The lowest BCUT2D eigenvalue weighted by molar-refractivity contribution is 0.282. The highest BCUT2D eigenvalue weighted by atomic mass is 16.5. The Morgan fingerprint density at radius 2 is 2.00 bits per heavy atom. The third-order valence-electron chi connectivity index (χ3n) is 3.73. The van der Waals surface area contributed by atoms with Crippen LogP contribution in [0.5, 0.6) is 5.75 Å². The van der Waals surface area contributed by atoms with Crippen molar-refractivity contribution in [2.75, 3.05) is 33.8 Å². The van der Waals surface area contributed by atoms with Crippen molar-refractivity contribution in [2.45, 2.75) is 25.8 Å². The van der Waals surface area contributed by atoms with Gasteiger partial charge in [0.15, 0.2) is 0 Å². The average Bonchev–Trinajstić information content (AvgIpc) is 3.22. The van der Waals surface area contributed by atoms with E-state index in [0.717, 1.165) is 24.8 Å². The van der Waals surface area contributed by atoms with Gasteiger partial charge in [-0.2, -0.15) is 0 Å². The topological polar surface area (TPSA) is 24.5 Å². The minimum absolute atomic E-state index is 0.402. The summed E-state index contributed by atoms with van der Waals surface area (Å²) in [5.74, 6) is 1.87. The van der Waals surface area contributed by atoms with Gasteiger partial charge in [0.1, 0.15) is 5.75 Å². The van der Waals surface area contributed by atoms with Crippen LogP contribution in [0, 0.1) is 5.92 Å². The van der Waals surface area contributed by atoms with Gasteiger partial charge in [0, 0.05) is 19.1 Å². The SMILES string of the molecule is CCNC(CN(C)CC1CC1)c1ccc(OC)cc1. The molecule has 0 spiro atoms. The molecule has 1 aliphatic rings. The number of nitrogens with one attached hydrogen (secondary N) is 1. The van der Waals surface area contributed by atoms with Crippen molar-refractivity contribution in [2.24, 2.45) is 5.92 Å². The second kappa shape index (κ2) is 6.92. The number of rotatable bonds is 8. The van der Waals surface area contributed by atoms with E-state index in [1.807, 2.05) is 12.1 Å². The molecule has 0 radical (unpaired) electrons. The van der Waals surface area contributed by atoms with Crippen LogP contribution < -0.4 is 10.1 Å². The first-order valence-corrected chi connectivity index (χ1v) is 7.28. The lowest BCUT2D eigenvalue weighted by atomic mass is 10.1. The standard InChI is InChI=1S/C16H26N2O/c1-4-17-16(12-18(2)11-13-5-6-13)14-7-9-15(19-3)10-8-14/h7-10,13,16-17H,4-6,11-12H2,1-3H3. The Labute approximate surface area is 116 Å². The van der Waals surface area contributed by atoms with E-state index in [2.05, 4.69) is 36.3 Å². The third kappa shape index (κ3) is 4.51. The van der Waals surface area contributed by atoms with E-state index in [9.17, 15) is 0 Å². The Morgan fingerprint density at radius 3 is 2.53 bits per heavy atom. The number of ether oxygens (including phenoxy) is 1. The van der Waals surface area contributed by atoms with Crippen molar-refractivity contribution in [3.63, 3.8) is 0 Å². The summed E-state index contributed by atoms with van der Waals surface area (Å²) in [6.07, 6.45) is 2.83. The molecule has 2 rings (SSSR count). The number of benzene rings is 1. The first-order valence-electron chi connectivity index (χ1n) is 7.28. The third-order valence-corrected chi connectivity index (χ3v) is 3.73. The molecule has 1 unspecified atom stereocenters. The summed E-state index contributed by atoms with van der Waals surface area (Å²) in [4.78, 5) is 2.45. The maximum absolute atomic E-state index is 5.22. The van der Waals surface area contributed by atoms with Gasteiger partial charge in [0.05, 0.1) is 7.11 Å². The second-order valence-corrected chi connectivity index (χ2v) is 5.55. The summed E-state index contributed by atoms with van der Waals surface area (Å²) in [5, 5.41) is 3.58. The van der Waals surface area contributed by atoms with Crippen molar-refractivity contribution < 1.29 is 4.74 Å². The first kappa shape index (κ1) is 14.4. The maximum Gasteiger partial charge on any atom is 0.118 e. The van der Waals surface area contributed by atoms with Gasteiger partial charge in [-0.25, -0.2) is 0 Å². The molecule has 0 heterocycles. The fourth-order valence-corrected chi connectivity index (χ4v) is 2.50. The molecule has 1 aliphatic carbocycles. The number of methoxy groups -OCH3 is 1. The molecule has 0 aliphatic heterocycles. The minimum atomic E-state index is 0.402. The van der Waals surface area contributed by atoms with Crippen LogP contribution in [0.4, 0.5) is 0 Å². The highest BCUT2D eigenvalue weighted by Gasteiger charge is 2.24. The summed E-state index contributed by atoms with van der Waals surface area (Å²) in [5.41, 5.74) is 1.34. The summed E-state index contributed by atoms with van der Waals surface area (Å²) < 4.78 is 5.22. The van der Waals surface area contributed by atoms with Crippen LogP contribution in [0.15, 0.2) is 24.3 Å². The molecule has 1 N–H and O–H groups in total. The monoisotopic (exact) mass is 262 g/mol. The van der Waals surface area contributed by atoms with Crippen molar-refractivity contribution in [1.82, 2.24) is 10.2 Å². The predicted octanol–water partition coefficient (Wildman–Crippen LogP) is 2.69. The summed E-state index contributed by atoms with van der Waals surface area (Å²) in [7, 11) is 3.94. The Balaban J connectivity index is 1.95. The van der Waals surface area contributed by atoms with Crippen LogP contribution in [0.3, 0.4) is 0 Å². The molecule has 0 bridgehead atoms. The van der Waals surface area contributed by atoms with E-state index in [-0.39, 0.29) is 0 Å². The van der Waals surface area contributed by atoms with Gasteiger partial charge in [0.25, 0.3) is 0 Å². The summed E-state index contributed by atoms with van der Waals surface area (Å²) in [6.45, 7) is 5.46. The molecule has 3 heteroatoms. The number of nitrogens with zero attached hydrogens (tertiary/aromatic N) is 1. The molecule has 0 saturated heterocycles. The quantitative estimate of drug-likeness (QED) is 0.779. The number of hydrogen-bond acceptors (Lipinski definition) is 3. The van der Waals surface area contributed by atoms with Gasteiger partial charge < -0.3 is 15.0 Å². The van der Waals surface area contributed by atoms with Crippen LogP contribution in [0.25, 0.3) is 0 Å². The van der Waals surface area contributed by atoms with Crippen molar-refractivity contribution >= 4 is 0 Å². The highest BCUT2D eigenvalue weighted by Crippen LogP contribution is 2.29. The zero-order valence-electron chi connectivity index (χ0n) is 12.4. The van der Waals surface area contributed by atoms with Gasteiger partial charge in [-0.3, -0.25) is 0 Å². The molecule has 1 atom stereocenters. The molecule has 1 saturated carbocycles. The predicted molar refractivity (Wildman–Crippen MR) is 79.6 cm³/mol. The van der Waals surface area contributed by atoms with Crippen LogP contribution in [0.2, 0.25) is 0 Å². The maximum atomic E-state index is 5.22. The minimum Gasteiger partial charge on any atom is -0.497 e. The lowest BCUT2D eigenvalue weighted by Crippen LogP contribution is -2.34. The van der Waals surface area contributed by atoms with E-state index >= 15 is 0 Å². The first-order chi connectivity index (χ1) is 9.22. The second-order valence-electron chi connectivity index (χ2n) is 5.55. The van der Waals surface area contributed by atoms with Crippen molar-refractivity contribution in [3.05, 3.63) is 29.8 Å². The van der Waals surface area contributed by atoms with E-state index in [1.54, 1.807) is 7.11 Å². The van der Waals surface area contributed by atoms with Gasteiger partial charge >= 0.3 is 0 Å². The molecule has 0 aromatic heterocycles. The normalized spacial score (nSPS) is 16.6. The fourth-order valence-electron chi connectivity index (χ4n) is 2.50. The molecule has 19 heavy (non-hydrogen) atoms. The molecule has 3 nitrogen and oxygen atoms in total. The smallest absolute Gasteiger partial charge is 0.118 e. The van der Waals surface area contributed by atoms with Gasteiger partial charge in [-0.15, -0.1) is 0 Å². The van der Waals surface area contributed by atoms with Gasteiger partial charge in [-0.1, -0.05) is 19.1 Å². The Bertz CT molecular complexity index is 373.